The second-order valence-corrected chi connectivity index (χ2v) is 8.77. The third-order valence-electron chi connectivity index (χ3n) is 6.92. The number of hydrogen-bond acceptors (Lipinski definition) is 3. The van der Waals surface area contributed by atoms with Crippen molar-refractivity contribution in [3.05, 3.63) is 77.6 Å². The summed E-state index contributed by atoms with van der Waals surface area (Å²) in [5.74, 6) is 0.0562. The maximum atomic E-state index is 13.6. The smallest absolute Gasteiger partial charge is 0.258 e. The largest absolute Gasteiger partial charge is 0.308 e. The van der Waals surface area contributed by atoms with Crippen LogP contribution in [0.4, 0.5) is 5.69 Å². The fourth-order valence-electron chi connectivity index (χ4n) is 5.32. The molecule has 1 unspecified atom stereocenters. The van der Waals surface area contributed by atoms with E-state index in [1.807, 2.05) is 66.1 Å². The molecule has 1 saturated carbocycles. The van der Waals surface area contributed by atoms with Gasteiger partial charge < -0.3 is 4.90 Å². The van der Waals surface area contributed by atoms with E-state index < -0.39 is 0 Å². The summed E-state index contributed by atoms with van der Waals surface area (Å²) in [4.78, 5) is 20.2. The molecule has 1 spiro atoms. The molecule has 1 amide bonds. The first-order chi connectivity index (χ1) is 15.1. The van der Waals surface area contributed by atoms with Gasteiger partial charge in [-0.05, 0) is 81.0 Å². The number of amides is 1. The second kappa shape index (κ2) is 7.80. The summed E-state index contributed by atoms with van der Waals surface area (Å²) < 4.78 is 1.83. The predicted octanol–water partition coefficient (Wildman–Crippen LogP) is 5.01. The van der Waals surface area contributed by atoms with Gasteiger partial charge in [0.25, 0.3) is 5.91 Å². The maximum absolute atomic E-state index is 13.6. The molecule has 0 N–H and O–H groups in total. The van der Waals surface area contributed by atoms with Gasteiger partial charge in [0.1, 0.15) is 0 Å². The Hall–Kier alpha value is -3.21. The molecule has 1 aliphatic carbocycles. The molecule has 0 radical (unpaired) electrons. The van der Waals surface area contributed by atoms with Crippen molar-refractivity contribution in [3.8, 4) is 5.69 Å². The zero-order chi connectivity index (χ0) is 21.4. The number of aryl methyl sites for hydroxylation is 1. The van der Waals surface area contributed by atoms with Crippen LogP contribution in [-0.4, -0.2) is 35.0 Å². The molecule has 2 aliphatic rings. The standard InChI is InChI=1S/C26H28N4O/c1-19-13-16-30(28-19)22-11-9-20(10-12-22)25(31)29-17-15-26(14-5-8-24(26)27-2)18-21-6-3-4-7-23(21)29/h3-4,6-7,9-13,16H,5,8,14-15,17-18H2,1-2H3/b27-24+. The quantitative estimate of drug-likeness (QED) is 0.594. The number of carbonyl (C=O) groups is 1. The number of fused-ring (bicyclic) bond motifs is 1. The molecule has 0 bridgehead atoms. The van der Waals surface area contributed by atoms with Gasteiger partial charge in [0, 0.05) is 42.2 Å². The fraction of sp³-hybridized carbons (Fsp3) is 0.346. The summed E-state index contributed by atoms with van der Waals surface area (Å²) >= 11 is 0. The zero-order valence-electron chi connectivity index (χ0n) is 18.2. The van der Waals surface area contributed by atoms with Crippen molar-refractivity contribution in [2.24, 2.45) is 10.4 Å². The lowest BCUT2D eigenvalue weighted by Gasteiger charge is -2.29. The summed E-state index contributed by atoms with van der Waals surface area (Å²) in [5.41, 5.74) is 6.34. The van der Waals surface area contributed by atoms with Crippen LogP contribution < -0.4 is 4.90 Å². The third kappa shape index (κ3) is 3.48. The first kappa shape index (κ1) is 19.7. The van der Waals surface area contributed by atoms with Crippen molar-refractivity contribution in [2.75, 3.05) is 18.5 Å². The molecule has 2 aromatic carbocycles. The molecule has 1 atom stereocenters. The van der Waals surface area contributed by atoms with E-state index in [9.17, 15) is 4.79 Å². The number of nitrogens with zero attached hydrogens (tertiary/aromatic N) is 4. The van der Waals surface area contributed by atoms with Crippen LogP contribution in [0.15, 0.2) is 65.8 Å². The molecule has 5 nitrogen and oxygen atoms in total. The summed E-state index contributed by atoms with van der Waals surface area (Å²) in [6.07, 6.45) is 7.30. The number of carbonyl (C=O) groups excluding carboxylic acids is 1. The molecular weight excluding hydrogens is 384 g/mol. The van der Waals surface area contributed by atoms with Gasteiger partial charge in [-0.25, -0.2) is 4.68 Å². The highest BCUT2D eigenvalue weighted by Crippen LogP contribution is 2.46. The van der Waals surface area contributed by atoms with E-state index in [1.54, 1.807) is 0 Å². The number of benzene rings is 2. The Morgan fingerprint density at radius 3 is 2.61 bits per heavy atom. The van der Waals surface area contributed by atoms with Gasteiger partial charge in [-0.1, -0.05) is 18.2 Å². The van der Waals surface area contributed by atoms with E-state index in [-0.39, 0.29) is 11.3 Å². The Balaban J connectivity index is 1.46. The average Bonchev–Trinajstić information content (AvgIpc) is 3.36. The van der Waals surface area contributed by atoms with Gasteiger partial charge in [-0.3, -0.25) is 9.79 Å². The molecule has 158 valence electrons. The van der Waals surface area contributed by atoms with Gasteiger partial charge in [-0.15, -0.1) is 0 Å². The molecule has 1 aromatic heterocycles. The highest BCUT2D eigenvalue weighted by molar-refractivity contribution is 6.07. The number of hydrogen-bond donors (Lipinski definition) is 0. The zero-order valence-corrected chi connectivity index (χ0v) is 18.2. The minimum atomic E-state index is 0.0562. The minimum absolute atomic E-state index is 0.0562. The van der Waals surface area contributed by atoms with E-state index in [0.717, 1.165) is 49.3 Å². The highest BCUT2D eigenvalue weighted by atomic mass is 16.2. The molecule has 1 fully saturated rings. The maximum Gasteiger partial charge on any atom is 0.258 e. The lowest BCUT2D eigenvalue weighted by atomic mass is 9.76. The van der Waals surface area contributed by atoms with Crippen LogP contribution in [0.1, 0.15) is 47.3 Å². The lowest BCUT2D eigenvalue weighted by Crippen LogP contribution is -2.35. The summed E-state index contributed by atoms with van der Waals surface area (Å²) in [6.45, 7) is 2.69. The summed E-state index contributed by atoms with van der Waals surface area (Å²) in [5, 5.41) is 4.45. The van der Waals surface area contributed by atoms with Gasteiger partial charge >= 0.3 is 0 Å². The van der Waals surface area contributed by atoms with Gasteiger partial charge in [0.15, 0.2) is 0 Å². The molecule has 1 aliphatic heterocycles. The third-order valence-corrected chi connectivity index (χ3v) is 6.92. The topological polar surface area (TPSA) is 50.5 Å². The molecular formula is C26H28N4O. The van der Waals surface area contributed by atoms with Crippen LogP contribution in [0.5, 0.6) is 0 Å². The van der Waals surface area contributed by atoms with Crippen molar-refractivity contribution in [1.82, 2.24) is 9.78 Å². The van der Waals surface area contributed by atoms with Gasteiger partial charge in [0.2, 0.25) is 0 Å². The van der Waals surface area contributed by atoms with Crippen molar-refractivity contribution in [2.45, 2.75) is 39.0 Å². The molecule has 0 saturated heterocycles. The minimum Gasteiger partial charge on any atom is -0.308 e. The monoisotopic (exact) mass is 412 g/mol. The average molecular weight is 413 g/mol. The van der Waals surface area contributed by atoms with E-state index in [0.29, 0.717) is 5.56 Å². The number of aliphatic imine (C=N–C) groups is 1. The Kier molecular flexibility index (Phi) is 4.97. The van der Waals surface area contributed by atoms with Gasteiger partial charge in [0.05, 0.1) is 11.4 Å². The fourth-order valence-corrected chi connectivity index (χ4v) is 5.32. The van der Waals surface area contributed by atoms with Crippen LogP contribution in [0.25, 0.3) is 5.69 Å². The van der Waals surface area contributed by atoms with Gasteiger partial charge in [-0.2, -0.15) is 5.10 Å². The van der Waals surface area contributed by atoms with Crippen molar-refractivity contribution in [1.29, 1.82) is 0 Å². The normalized spacial score (nSPS) is 22.0. The van der Waals surface area contributed by atoms with Crippen molar-refractivity contribution < 1.29 is 4.79 Å². The Bertz CT molecular complexity index is 1140. The van der Waals surface area contributed by atoms with E-state index in [2.05, 4.69) is 28.3 Å². The van der Waals surface area contributed by atoms with E-state index in [1.165, 1.54) is 17.7 Å². The number of anilines is 1. The van der Waals surface area contributed by atoms with Crippen molar-refractivity contribution in [3.63, 3.8) is 0 Å². The van der Waals surface area contributed by atoms with Crippen molar-refractivity contribution >= 4 is 17.3 Å². The number of aromatic nitrogens is 2. The molecule has 5 rings (SSSR count). The summed E-state index contributed by atoms with van der Waals surface area (Å²) in [7, 11) is 1.92. The Morgan fingerprint density at radius 2 is 1.87 bits per heavy atom. The van der Waals surface area contributed by atoms with Crippen LogP contribution >= 0.6 is 0 Å². The van der Waals surface area contributed by atoms with Crippen LogP contribution in [0, 0.1) is 12.3 Å². The summed E-state index contributed by atoms with van der Waals surface area (Å²) in [6, 6.07) is 18.1. The SMILES string of the molecule is C/N=C1\CCCC12CCN(C(=O)c1ccc(-n3ccc(C)n3)cc1)c1ccccc1C2. The number of rotatable bonds is 2. The first-order valence-electron chi connectivity index (χ1n) is 11.1. The van der Waals surface area contributed by atoms with E-state index in [4.69, 9.17) is 0 Å². The molecule has 2 heterocycles. The van der Waals surface area contributed by atoms with Crippen LogP contribution in [-0.2, 0) is 6.42 Å². The predicted molar refractivity (Wildman–Crippen MR) is 124 cm³/mol. The van der Waals surface area contributed by atoms with Crippen LogP contribution in [0.3, 0.4) is 0 Å². The number of para-hydroxylation sites is 1. The highest BCUT2D eigenvalue weighted by Gasteiger charge is 2.42. The lowest BCUT2D eigenvalue weighted by molar-refractivity contribution is 0.0985. The second-order valence-electron chi connectivity index (χ2n) is 8.77. The first-order valence-corrected chi connectivity index (χ1v) is 11.1. The van der Waals surface area contributed by atoms with E-state index >= 15 is 0 Å². The molecule has 31 heavy (non-hydrogen) atoms. The Morgan fingerprint density at radius 1 is 1.06 bits per heavy atom. The Labute approximate surface area is 183 Å². The molecule has 3 aromatic rings. The molecule has 5 heteroatoms. The van der Waals surface area contributed by atoms with Crippen LogP contribution in [0.2, 0.25) is 0 Å².